The molecule has 0 spiro atoms. The quantitative estimate of drug-likeness (QED) is 0.786. The number of carboxylic acid groups (broad SMARTS) is 1. The van der Waals surface area contributed by atoms with Crippen molar-refractivity contribution in [2.24, 2.45) is 5.73 Å². The summed E-state index contributed by atoms with van der Waals surface area (Å²) in [5, 5.41) is 9.50. The van der Waals surface area contributed by atoms with Gasteiger partial charge in [-0.15, -0.1) is 23.2 Å². The third-order valence-electron chi connectivity index (χ3n) is 4.05. The Kier molecular flexibility index (Phi) is 5.36. The van der Waals surface area contributed by atoms with Gasteiger partial charge in [0.15, 0.2) is 0 Å². The summed E-state index contributed by atoms with van der Waals surface area (Å²) in [6, 6.07) is 5.86. The number of aliphatic carboxylic acids is 1. The zero-order valence-electron chi connectivity index (χ0n) is 11.8. The highest BCUT2D eigenvalue weighted by Gasteiger charge is 2.40. The van der Waals surface area contributed by atoms with E-state index in [1.807, 2.05) is 18.2 Å². The van der Waals surface area contributed by atoms with Crippen LogP contribution in [0.4, 0.5) is 5.69 Å². The first-order chi connectivity index (χ1) is 10.0. The highest BCUT2D eigenvalue weighted by molar-refractivity contribution is 6.18. The Morgan fingerprint density at radius 1 is 1.33 bits per heavy atom. The van der Waals surface area contributed by atoms with E-state index in [0.29, 0.717) is 36.8 Å². The van der Waals surface area contributed by atoms with E-state index < -0.39 is 11.5 Å². The molecular formula is C15H20Cl2N2O2. The second kappa shape index (κ2) is 6.86. The van der Waals surface area contributed by atoms with Crippen LogP contribution in [0.15, 0.2) is 18.2 Å². The predicted octanol–water partition coefficient (Wildman–Crippen LogP) is 2.55. The molecule has 0 aromatic heterocycles. The van der Waals surface area contributed by atoms with Crippen LogP contribution >= 0.6 is 23.2 Å². The Morgan fingerprint density at radius 2 is 2.00 bits per heavy atom. The van der Waals surface area contributed by atoms with Gasteiger partial charge in [-0.25, -0.2) is 4.79 Å². The van der Waals surface area contributed by atoms with E-state index in [1.165, 1.54) is 0 Å². The number of aryl methyl sites for hydroxylation is 1. The van der Waals surface area contributed by atoms with Gasteiger partial charge < -0.3 is 15.7 Å². The van der Waals surface area contributed by atoms with Crippen LogP contribution in [0.25, 0.3) is 0 Å². The molecule has 0 radical (unpaired) electrons. The number of nitrogens with two attached hydrogens (primary N) is 1. The highest BCUT2D eigenvalue weighted by atomic mass is 35.5. The molecular weight excluding hydrogens is 311 g/mol. The third-order valence-corrected chi connectivity index (χ3v) is 4.39. The Bertz CT molecular complexity index is 518. The summed E-state index contributed by atoms with van der Waals surface area (Å²) in [6.45, 7) is 1.33. The Morgan fingerprint density at radius 3 is 2.57 bits per heavy atom. The van der Waals surface area contributed by atoms with Gasteiger partial charge in [-0.05, 0) is 42.5 Å². The van der Waals surface area contributed by atoms with Gasteiger partial charge in [0.25, 0.3) is 0 Å². The molecule has 0 saturated carbocycles. The van der Waals surface area contributed by atoms with Gasteiger partial charge in [0.1, 0.15) is 5.54 Å². The number of carboxylic acids is 1. The van der Waals surface area contributed by atoms with Crippen LogP contribution in [0.5, 0.6) is 0 Å². The summed E-state index contributed by atoms with van der Waals surface area (Å²) in [4.78, 5) is 13.6. The zero-order chi connectivity index (χ0) is 15.5. The summed E-state index contributed by atoms with van der Waals surface area (Å²) >= 11 is 11.7. The van der Waals surface area contributed by atoms with Crippen LogP contribution in [0.3, 0.4) is 0 Å². The number of rotatable bonds is 6. The van der Waals surface area contributed by atoms with Crippen LogP contribution in [-0.4, -0.2) is 35.9 Å². The minimum atomic E-state index is -1.29. The van der Waals surface area contributed by atoms with E-state index in [9.17, 15) is 9.90 Å². The molecule has 6 heteroatoms. The summed E-state index contributed by atoms with van der Waals surface area (Å²) in [5.74, 6) is 0.00303. The summed E-state index contributed by atoms with van der Waals surface area (Å²) < 4.78 is 0. The number of fused-ring (bicyclic) bond motifs is 1. The Balaban J connectivity index is 2.42. The van der Waals surface area contributed by atoms with Crippen molar-refractivity contribution in [2.45, 2.75) is 24.8 Å². The van der Waals surface area contributed by atoms with E-state index >= 15 is 0 Å². The summed E-state index contributed by atoms with van der Waals surface area (Å²) in [5.41, 5.74) is 7.53. The number of hydrogen-bond donors (Lipinski definition) is 2. The predicted molar refractivity (Wildman–Crippen MR) is 86.5 cm³/mol. The first-order valence-corrected chi connectivity index (χ1v) is 8.12. The fourth-order valence-corrected chi connectivity index (χ4v) is 3.29. The lowest BCUT2D eigenvalue weighted by Gasteiger charge is -2.33. The SMILES string of the molecule is N[C@]1(C(=O)O)CCCc2ccc(N(CCCl)CCCl)cc21. The fraction of sp³-hybridized carbons (Fsp3) is 0.533. The summed E-state index contributed by atoms with van der Waals surface area (Å²) in [7, 11) is 0. The van der Waals surface area contributed by atoms with Crippen molar-refractivity contribution in [2.75, 3.05) is 29.7 Å². The second-order valence-electron chi connectivity index (χ2n) is 5.34. The molecule has 1 aromatic carbocycles. The number of halogens is 2. The van der Waals surface area contributed by atoms with E-state index in [1.54, 1.807) is 0 Å². The van der Waals surface area contributed by atoms with Gasteiger partial charge in [-0.1, -0.05) is 6.07 Å². The topological polar surface area (TPSA) is 66.6 Å². The number of nitrogens with zero attached hydrogens (tertiary/aromatic N) is 1. The monoisotopic (exact) mass is 330 g/mol. The molecule has 1 aliphatic rings. The molecule has 4 nitrogen and oxygen atoms in total. The molecule has 0 bridgehead atoms. The van der Waals surface area contributed by atoms with E-state index in [4.69, 9.17) is 28.9 Å². The number of hydrogen-bond acceptors (Lipinski definition) is 3. The van der Waals surface area contributed by atoms with Crippen LogP contribution in [-0.2, 0) is 16.8 Å². The largest absolute Gasteiger partial charge is 0.480 e. The van der Waals surface area contributed by atoms with Gasteiger partial charge in [0, 0.05) is 30.5 Å². The van der Waals surface area contributed by atoms with Crippen LogP contribution in [0.2, 0.25) is 0 Å². The van der Waals surface area contributed by atoms with Crippen LogP contribution in [0.1, 0.15) is 24.0 Å². The molecule has 0 aliphatic heterocycles. The van der Waals surface area contributed by atoms with Crippen molar-refractivity contribution in [3.63, 3.8) is 0 Å². The zero-order valence-corrected chi connectivity index (χ0v) is 13.3. The molecule has 0 heterocycles. The number of anilines is 1. The molecule has 2 rings (SSSR count). The summed E-state index contributed by atoms with van der Waals surface area (Å²) in [6.07, 6.45) is 2.12. The number of alkyl halides is 2. The van der Waals surface area contributed by atoms with Gasteiger partial charge >= 0.3 is 5.97 Å². The standard InChI is InChI=1S/C15H20Cl2N2O2/c16-6-8-19(9-7-17)12-4-3-11-2-1-5-15(18,14(20)21)13(11)10-12/h3-4,10H,1-2,5-9,18H2,(H,20,21)/t15-/m1/s1. The smallest absolute Gasteiger partial charge is 0.328 e. The minimum Gasteiger partial charge on any atom is -0.480 e. The molecule has 3 N–H and O–H groups in total. The fourth-order valence-electron chi connectivity index (χ4n) is 2.88. The van der Waals surface area contributed by atoms with E-state index in [-0.39, 0.29) is 0 Å². The van der Waals surface area contributed by atoms with Crippen LogP contribution < -0.4 is 10.6 Å². The molecule has 1 aromatic rings. The van der Waals surface area contributed by atoms with Crippen molar-refractivity contribution in [1.29, 1.82) is 0 Å². The van der Waals surface area contributed by atoms with Gasteiger partial charge in [-0.3, -0.25) is 0 Å². The van der Waals surface area contributed by atoms with Crippen molar-refractivity contribution < 1.29 is 9.90 Å². The van der Waals surface area contributed by atoms with E-state index in [0.717, 1.165) is 24.1 Å². The lowest BCUT2D eigenvalue weighted by atomic mass is 9.77. The van der Waals surface area contributed by atoms with Gasteiger partial charge in [-0.2, -0.15) is 0 Å². The maximum absolute atomic E-state index is 11.6. The van der Waals surface area contributed by atoms with Gasteiger partial charge in [0.05, 0.1) is 0 Å². The molecule has 0 unspecified atom stereocenters. The average molecular weight is 331 g/mol. The molecule has 1 aliphatic carbocycles. The minimum absolute atomic E-state index is 0.462. The molecule has 0 saturated heterocycles. The number of benzene rings is 1. The maximum atomic E-state index is 11.6. The highest BCUT2D eigenvalue weighted by Crippen LogP contribution is 2.36. The lowest BCUT2D eigenvalue weighted by molar-refractivity contribution is -0.144. The Labute approximate surface area is 134 Å². The molecule has 116 valence electrons. The first kappa shape index (κ1) is 16.4. The average Bonchev–Trinajstić information content (AvgIpc) is 2.47. The molecule has 0 fully saturated rings. The second-order valence-corrected chi connectivity index (χ2v) is 6.09. The van der Waals surface area contributed by atoms with Crippen molar-refractivity contribution in [3.05, 3.63) is 29.3 Å². The van der Waals surface area contributed by atoms with Crippen LogP contribution in [0, 0.1) is 0 Å². The van der Waals surface area contributed by atoms with Crippen molar-refractivity contribution in [3.8, 4) is 0 Å². The van der Waals surface area contributed by atoms with Crippen molar-refractivity contribution in [1.82, 2.24) is 0 Å². The van der Waals surface area contributed by atoms with Crippen molar-refractivity contribution >= 4 is 34.9 Å². The van der Waals surface area contributed by atoms with Gasteiger partial charge in [0.2, 0.25) is 0 Å². The lowest BCUT2D eigenvalue weighted by Crippen LogP contribution is -2.47. The Hall–Kier alpha value is -0.970. The third kappa shape index (κ3) is 3.28. The van der Waals surface area contributed by atoms with E-state index in [2.05, 4.69) is 4.90 Å². The first-order valence-electron chi connectivity index (χ1n) is 7.05. The maximum Gasteiger partial charge on any atom is 0.328 e. The molecule has 21 heavy (non-hydrogen) atoms. The normalized spacial score (nSPS) is 20.9. The number of carbonyl (C=O) groups is 1. The molecule has 0 amide bonds. The molecule has 1 atom stereocenters.